The molecule has 0 N–H and O–H groups in total. The summed E-state index contributed by atoms with van der Waals surface area (Å²) in [5.41, 5.74) is 1.17. The molecule has 2 heteroatoms. The van der Waals surface area contributed by atoms with Crippen LogP contribution < -0.4 is 0 Å². The molecule has 0 radical (unpaired) electrons. The molecule has 74 valence electrons. The third kappa shape index (κ3) is 2.19. The van der Waals surface area contributed by atoms with Gasteiger partial charge in [-0.2, -0.15) is 0 Å². The second-order valence-electron chi connectivity index (χ2n) is 3.78. The van der Waals surface area contributed by atoms with Gasteiger partial charge in [-0.1, -0.05) is 13.8 Å². The topological polar surface area (TPSA) is 26.3 Å². The Morgan fingerprint density at radius 3 is 2.62 bits per heavy atom. The molecule has 0 aliphatic carbocycles. The predicted molar refractivity (Wildman–Crippen MR) is 52.6 cm³/mol. The Morgan fingerprint density at radius 2 is 2.15 bits per heavy atom. The molecule has 0 amide bonds. The van der Waals surface area contributed by atoms with Gasteiger partial charge in [-0.15, -0.1) is 0 Å². The number of ether oxygens (including phenoxy) is 1. The lowest BCUT2D eigenvalue weighted by Crippen LogP contribution is -2.08. The van der Waals surface area contributed by atoms with Gasteiger partial charge in [-0.3, -0.25) is 4.79 Å². The average molecular weight is 182 g/mol. The van der Waals surface area contributed by atoms with Crippen molar-refractivity contribution in [3.8, 4) is 0 Å². The van der Waals surface area contributed by atoms with Crippen LogP contribution in [-0.2, 0) is 9.53 Å². The van der Waals surface area contributed by atoms with Crippen LogP contribution in [0.1, 0.15) is 34.1 Å². The van der Waals surface area contributed by atoms with Gasteiger partial charge in [0.15, 0.2) is 5.78 Å². The standard InChI is InChI=1S/C11H18O2/c1-5-11-10(6-7(2)12)8(3)9(4)13-11/h6,8-9,11H,5H2,1-4H3/b10-6+/t8-,9+,11-/m1/s1. The van der Waals surface area contributed by atoms with E-state index in [1.165, 1.54) is 5.57 Å². The number of ketones is 1. The summed E-state index contributed by atoms with van der Waals surface area (Å²) < 4.78 is 5.72. The maximum atomic E-state index is 11.0. The van der Waals surface area contributed by atoms with E-state index in [1.807, 2.05) is 0 Å². The number of carbonyl (C=O) groups is 1. The molecule has 0 unspecified atom stereocenters. The van der Waals surface area contributed by atoms with E-state index < -0.39 is 0 Å². The summed E-state index contributed by atoms with van der Waals surface area (Å²) >= 11 is 0. The first-order chi connectivity index (χ1) is 6.06. The zero-order valence-corrected chi connectivity index (χ0v) is 8.83. The number of hydrogen-bond acceptors (Lipinski definition) is 2. The van der Waals surface area contributed by atoms with Crippen molar-refractivity contribution in [3.05, 3.63) is 11.6 Å². The summed E-state index contributed by atoms with van der Waals surface area (Å²) in [6.45, 7) is 7.86. The van der Waals surface area contributed by atoms with Gasteiger partial charge in [-0.25, -0.2) is 0 Å². The summed E-state index contributed by atoms with van der Waals surface area (Å²) in [5, 5.41) is 0. The van der Waals surface area contributed by atoms with Crippen LogP contribution in [0, 0.1) is 5.92 Å². The fourth-order valence-electron chi connectivity index (χ4n) is 1.81. The van der Waals surface area contributed by atoms with Crippen molar-refractivity contribution in [1.29, 1.82) is 0 Å². The highest BCUT2D eigenvalue weighted by molar-refractivity contribution is 5.88. The zero-order chi connectivity index (χ0) is 10.0. The number of allylic oxidation sites excluding steroid dienone is 1. The number of rotatable bonds is 2. The Balaban J connectivity index is 2.85. The molecule has 0 saturated carbocycles. The molecule has 0 aromatic heterocycles. The lowest BCUT2D eigenvalue weighted by molar-refractivity contribution is -0.112. The van der Waals surface area contributed by atoms with Crippen LogP contribution in [0.2, 0.25) is 0 Å². The maximum absolute atomic E-state index is 11.0. The minimum Gasteiger partial charge on any atom is -0.370 e. The Morgan fingerprint density at radius 1 is 1.54 bits per heavy atom. The third-order valence-electron chi connectivity index (χ3n) is 2.72. The number of hydrogen-bond donors (Lipinski definition) is 0. The van der Waals surface area contributed by atoms with Crippen LogP contribution in [0.15, 0.2) is 11.6 Å². The Hall–Kier alpha value is -0.630. The fourth-order valence-corrected chi connectivity index (χ4v) is 1.81. The normalized spacial score (nSPS) is 36.9. The molecule has 2 nitrogen and oxygen atoms in total. The smallest absolute Gasteiger partial charge is 0.152 e. The van der Waals surface area contributed by atoms with Crippen LogP contribution in [0.25, 0.3) is 0 Å². The summed E-state index contributed by atoms with van der Waals surface area (Å²) in [4.78, 5) is 11.0. The van der Waals surface area contributed by atoms with Crippen LogP contribution in [0.4, 0.5) is 0 Å². The Labute approximate surface area is 80.0 Å². The lowest BCUT2D eigenvalue weighted by atomic mass is 9.94. The quantitative estimate of drug-likeness (QED) is 0.613. The van der Waals surface area contributed by atoms with Gasteiger partial charge >= 0.3 is 0 Å². The van der Waals surface area contributed by atoms with Crippen molar-refractivity contribution in [2.45, 2.75) is 46.3 Å². The summed E-state index contributed by atoms with van der Waals surface area (Å²) in [6.07, 6.45) is 3.10. The van der Waals surface area contributed by atoms with Crippen LogP contribution in [0.3, 0.4) is 0 Å². The first kappa shape index (κ1) is 10.5. The molecule has 13 heavy (non-hydrogen) atoms. The highest BCUT2D eigenvalue weighted by atomic mass is 16.5. The van der Waals surface area contributed by atoms with E-state index in [4.69, 9.17) is 4.74 Å². The summed E-state index contributed by atoms with van der Waals surface area (Å²) in [5.74, 6) is 0.506. The van der Waals surface area contributed by atoms with Gasteiger partial charge in [0.25, 0.3) is 0 Å². The van der Waals surface area contributed by atoms with E-state index in [-0.39, 0.29) is 18.0 Å². The van der Waals surface area contributed by atoms with E-state index in [0.717, 1.165) is 6.42 Å². The van der Waals surface area contributed by atoms with Crippen LogP contribution in [0.5, 0.6) is 0 Å². The largest absolute Gasteiger partial charge is 0.370 e. The Kier molecular flexibility index (Phi) is 3.26. The zero-order valence-electron chi connectivity index (χ0n) is 8.83. The second-order valence-corrected chi connectivity index (χ2v) is 3.78. The minimum absolute atomic E-state index is 0.123. The molecule has 1 heterocycles. The van der Waals surface area contributed by atoms with E-state index in [0.29, 0.717) is 5.92 Å². The molecular formula is C11H18O2. The van der Waals surface area contributed by atoms with Crippen LogP contribution >= 0.6 is 0 Å². The van der Waals surface area contributed by atoms with E-state index in [2.05, 4.69) is 20.8 Å². The molecule has 0 bridgehead atoms. The van der Waals surface area contributed by atoms with Gasteiger partial charge in [0.1, 0.15) is 0 Å². The molecule has 1 fully saturated rings. The molecule has 1 aliphatic rings. The van der Waals surface area contributed by atoms with Gasteiger partial charge in [0, 0.05) is 5.92 Å². The lowest BCUT2D eigenvalue weighted by Gasteiger charge is -2.08. The summed E-state index contributed by atoms with van der Waals surface area (Å²) in [6, 6.07) is 0. The highest BCUT2D eigenvalue weighted by Crippen LogP contribution is 2.33. The molecule has 1 aliphatic heterocycles. The average Bonchev–Trinajstić information content (AvgIpc) is 2.31. The summed E-state index contributed by atoms with van der Waals surface area (Å²) in [7, 11) is 0. The van der Waals surface area contributed by atoms with Gasteiger partial charge in [0.2, 0.25) is 0 Å². The third-order valence-corrected chi connectivity index (χ3v) is 2.72. The first-order valence-electron chi connectivity index (χ1n) is 4.93. The second kappa shape index (κ2) is 4.05. The van der Waals surface area contributed by atoms with Crippen molar-refractivity contribution in [3.63, 3.8) is 0 Å². The van der Waals surface area contributed by atoms with Crippen LogP contribution in [-0.4, -0.2) is 18.0 Å². The van der Waals surface area contributed by atoms with Crippen molar-refractivity contribution >= 4 is 5.78 Å². The van der Waals surface area contributed by atoms with E-state index in [1.54, 1.807) is 13.0 Å². The fraction of sp³-hybridized carbons (Fsp3) is 0.727. The molecular weight excluding hydrogens is 164 g/mol. The highest BCUT2D eigenvalue weighted by Gasteiger charge is 2.32. The van der Waals surface area contributed by atoms with Crippen molar-refractivity contribution < 1.29 is 9.53 Å². The monoisotopic (exact) mass is 182 g/mol. The minimum atomic E-state index is 0.123. The van der Waals surface area contributed by atoms with Gasteiger partial charge in [-0.05, 0) is 31.9 Å². The number of carbonyl (C=O) groups excluding carboxylic acids is 1. The van der Waals surface area contributed by atoms with Gasteiger partial charge < -0.3 is 4.74 Å². The molecule has 3 atom stereocenters. The van der Waals surface area contributed by atoms with Crippen molar-refractivity contribution in [1.82, 2.24) is 0 Å². The molecule has 0 aromatic carbocycles. The first-order valence-corrected chi connectivity index (χ1v) is 4.93. The molecule has 1 rings (SSSR count). The van der Waals surface area contributed by atoms with E-state index >= 15 is 0 Å². The van der Waals surface area contributed by atoms with Crippen molar-refractivity contribution in [2.24, 2.45) is 5.92 Å². The van der Waals surface area contributed by atoms with Gasteiger partial charge in [0.05, 0.1) is 12.2 Å². The van der Waals surface area contributed by atoms with E-state index in [9.17, 15) is 4.79 Å². The molecule has 1 saturated heterocycles. The van der Waals surface area contributed by atoms with Crippen molar-refractivity contribution in [2.75, 3.05) is 0 Å². The maximum Gasteiger partial charge on any atom is 0.152 e. The SMILES string of the molecule is CC[C@H]1O[C@@H](C)[C@@H](C)/C1=C\C(C)=O. The Bertz CT molecular complexity index is 230. The molecule has 0 spiro atoms. The predicted octanol–water partition coefficient (Wildman–Crippen LogP) is 2.34. The molecule has 0 aromatic rings.